The van der Waals surface area contributed by atoms with E-state index < -0.39 is 5.97 Å². The van der Waals surface area contributed by atoms with Gasteiger partial charge in [0.1, 0.15) is 18.0 Å². The van der Waals surface area contributed by atoms with E-state index >= 15 is 0 Å². The van der Waals surface area contributed by atoms with Crippen molar-refractivity contribution in [1.29, 1.82) is 0 Å². The van der Waals surface area contributed by atoms with Crippen molar-refractivity contribution in [3.05, 3.63) is 60.1 Å². The summed E-state index contributed by atoms with van der Waals surface area (Å²) in [4.78, 5) is 12.0. The largest absolute Gasteiger partial charge is 0.461 e. The number of fused-ring (bicyclic) bond motifs is 1. The zero-order valence-corrected chi connectivity index (χ0v) is 12.5. The van der Waals surface area contributed by atoms with Gasteiger partial charge in [-0.05, 0) is 24.3 Å². The molecule has 0 atom stereocenters. The molecule has 7 heteroatoms. The molecule has 0 aliphatic rings. The fourth-order valence-electron chi connectivity index (χ4n) is 2.32. The van der Waals surface area contributed by atoms with Crippen molar-refractivity contribution in [3.8, 4) is 11.5 Å². The zero-order chi connectivity index (χ0) is 16.4. The minimum Gasteiger partial charge on any atom is -0.461 e. The average molecular weight is 324 g/mol. The molecule has 24 heavy (non-hydrogen) atoms. The second kappa shape index (κ2) is 6.04. The van der Waals surface area contributed by atoms with Gasteiger partial charge in [0.15, 0.2) is 11.3 Å². The van der Waals surface area contributed by atoms with Gasteiger partial charge in [-0.3, -0.25) is 4.79 Å². The van der Waals surface area contributed by atoms with E-state index in [9.17, 15) is 4.79 Å². The van der Waals surface area contributed by atoms with Crippen LogP contribution in [0.2, 0.25) is 0 Å². The van der Waals surface area contributed by atoms with Crippen LogP contribution in [0.4, 0.5) is 0 Å². The van der Waals surface area contributed by atoms with Crippen LogP contribution < -0.4 is 0 Å². The van der Waals surface area contributed by atoms with Crippen molar-refractivity contribution in [2.24, 2.45) is 0 Å². The maximum Gasteiger partial charge on any atom is 0.312 e. The summed E-state index contributed by atoms with van der Waals surface area (Å²) in [5.74, 6) is 0.624. The number of para-hydroxylation sites is 1. The van der Waals surface area contributed by atoms with Gasteiger partial charge in [-0.1, -0.05) is 22.4 Å². The minimum absolute atomic E-state index is 0.0127. The monoisotopic (exact) mass is 324 g/mol. The molecule has 0 saturated heterocycles. The van der Waals surface area contributed by atoms with Crippen LogP contribution in [0.15, 0.2) is 62.2 Å². The van der Waals surface area contributed by atoms with E-state index in [-0.39, 0.29) is 13.0 Å². The first kappa shape index (κ1) is 14.3. The van der Waals surface area contributed by atoms with Gasteiger partial charge in [0, 0.05) is 11.5 Å². The third kappa shape index (κ3) is 2.79. The Bertz CT molecular complexity index is 968. The summed E-state index contributed by atoms with van der Waals surface area (Å²) in [7, 11) is 0. The van der Waals surface area contributed by atoms with E-state index in [2.05, 4.69) is 10.3 Å². The summed E-state index contributed by atoms with van der Waals surface area (Å²) in [6.45, 7) is 0.0127. The zero-order valence-electron chi connectivity index (χ0n) is 12.5. The lowest BCUT2D eigenvalue weighted by Gasteiger charge is -2.00. The highest BCUT2D eigenvalue weighted by atomic mass is 16.5. The van der Waals surface area contributed by atoms with Crippen molar-refractivity contribution in [2.75, 3.05) is 0 Å². The molecule has 7 nitrogen and oxygen atoms in total. The first-order valence-electron chi connectivity index (χ1n) is 7.28. The van der Waals surface area contributed by atoms with Crippen molar-refractivity contribution in [1.82, 2.24) is 10.3 Å². The van der Waals surface area contributed by atoms with Crippen LogP contribution in [0, 0.1) is 0 Å². The molecule has 0 fully saturated rings. The molecule has 0 radical (unpaired) electrons. The standard InChI is InChI=1S/C17H12N2O5/c20-17(9-13-12-4-1-2-5-14(12)23-19-13)22-10-11-8-16(24-18-11)15-6-3-7-21-15/h1-8H,9-10H2. The Balaban J connectivity index is 1.38. The van der Waals surface area contributed by atoms with E-state index in [1.165, 1.54) is 0 Å². The van der Waals surface area contributed by atoms with Crippen molar-refractivity contribution in [3.63, 3.8) is 0 Å². The van der Waals surface area contributed by atoms with Crippen LogP contribution in [0.1, 0.15) is 11.4 Å². The van der Waals surface area contributed by atoms with Crippen molar-refractivity contribution in [2.45, 2.75) is 13.0 Å². The number of ether oxygens (including phenoxy) is 1. The van der Waals surface area contributed by atoms with Crippen LogP contribution in [-0.2, 0) is 22.6 Å². The Labute approximate surface area is 135 Å². The van der Waals surface area contributed by atoms with Gasteiger partial charge >= 0.3 is 5.97 Å². The van der Waals surface area contributed by atoms with Gasteiger partial charge in [0.05, 0.1) is 12.7 Å². The highest BCUT2D eigenvalue weighted by Gasteiger charge is 2.15. The summed E-state index contributed by atoms with van der Waals surface area (Å²) in [6.07, 6.45) is 1.57. The van der Waals surface area contributed by atoms with Crippen LogP contribution in [0.3, 0.4) is 0 Å². The fraction of sp³-hybridized carbons (Fsp3) is 0.118. The number of carbonyl (C=O) groups is 1. The Morgan fingerprint density at radius 2 is 1.96 bits per heavy atom. The Hall–Kier alpha value is -3.35. The molecule has 0 spiro atoms. The Kier molecular flexibility index (Phi) is 3.59. The van der Waals surface area contributed by atoms with Gasteiger partial charge in [-0.2, -0.15) is 0 Å². The SMILES string of the molecule is O=C(Cc1noc2ccccc12)OCc1cc(-c2ccco2)on1. The lowest BCUT2D eigenvalue weighted by molar-refractivity contribution is -0.144. The maximum absolute atomic E-state index is 12.0. The molecule has 0 unspecified atom stereocenters. The first-order chi connectivity index (χ1) is 11.8. The molecule has 0 bridgehead atoms. The molecule has 3 aromatic heterocycles. The van der Waals surface area contributed by atoms with Crippen molar-refractivity contribution < 1.29 is 23.0 Å². The van der Waals surface area contributed by atoms with Crippen LogP contribution in [0.25, 0.3) is 22.5 Å². The highest BCUT2D eigenvalue weighted by molar-refractivity contribution is 5.84. The molecule has 0 amide bonds. The predicted octanol–water partition coefficient (Wildman–Crippen LogP) is 3.36. The molecule has 0 aliphatic heterocycles. The van der Waals surface area contributed by atoms with Crippen LogP contribution in [0.5, 0.6) is 0 Å². The normalized spacial score (nSPS) is 11.0. The average Bonchev–Trinajstić information content (AvgIpc) is 3.34. The molecule has 4 aromatic rings. The number of hydrogen-bond donors (Lipinski definition) is 0. The smallest absolute Gasteiger partial charge is 0.312 e. The molecule has 0 aliphatic carbocycles. The summed E-state index contributed by atoms with van der Waals surface area (Å²) >= 11 is 0. The lowest BCUT2D eigenvalue weighted by Crippen LogP contribution is -2.08. The van der Waals surface area contributed by atoms with E-state index in [1.807, 2.05) is 18.2 Å². The molecule has 4 rings (SSSR count). The van der Waals surface area contributed by atoms with Crippen LogP contribution in [-0.4, -0.2) is 16.3 Å². The molecule has 0 N–H and O–H groups in total. The van der Waals surface area contributed by atoms with E-state index in [0.29, 0.717) is 28.5 Å². The molecular weight excluding hydrogens is 312 g/mol. The predicted molar refractivity (Wildman–Crippen MR) is 81.7 cm³/mol. The minimum atomic E-state index is -0.420. The molecule has 1 aromatic carbocycles. The van der Waals surface area contributed by atoms with Crippen LogP contribution >= 0.6 is 0 Å². The topological polar surface area (TPSA) is 91.5 Å². The Morgan fingerprint density at radius 3 is 2.83 bits per heavy atom. The highest BCUT2D eigenvalue weighted by Crippen LogP contribution is 2.21. The van der Waals surface area contributed by atoms with E-state index in [0.717, 1.165) is 5.39 Å². The van der Waals surface area contributed by atoms with E-state index in [1.54, 1.807) is 30.5 Å². The maximum atomic E-state index is 12.0. The van der Waals surface area contributed by atoms with Gasteiger partial charge in [0.2, 0.25) is 5.76 Å². The summed E-state index contributed by atoms with van der Waals surface area (Å²) in [5.41, 5.74) is 1.69. The lowest BCUT2D eigenvalue weighted by atomic mass is 10.2. The molecule has 0 saturated carbocycles. The number of benzene rings is 1. The molecule has 3 heterocycles. The van der Waals surface area contributed by atoms with Gasteiger partial charge in [-0.15, -0.1) is 0 Å². The number of furan rings is 1. The third-order valence-electron chi connectivity index (χ3n) is 3.47. The third-order valence-corrected chi connectivity index (χ3v) is 3.47. The van der Waals surface area contributed by atoms with Gasteiger partial charge in [-0.25, -0.2) is 0 Å². The molecular formula is C17H12N2O5. The number of aromatic nitrogens is 2. The van der Waals surface area contributed by atoms with Crippen molar-refractivity contribution >= 4 is 16.9 Å². The second-order valence-electron chi connectivity index (χ2n) is 5.12. The number of nitrogens with zero attached hydrogens (tertiary/aromatic N) is 2. The fourth-order valence-corrected chi connectivity index (χ4v) is 2.32. The number of esters is 1. The second-order valence-corrected chi connectivity index (χ2v) is 5.12. The number of hydrogen-bond acceptors (Lipinski definition) is 7. The number of carbonyl (C=O) groups excluding carboxylic acids is 1. The Morgan fingerprint density at radius 1 is 1.04 bits per heavy atom. The first-order valence-corrected chi connectivity index (χ1v) is 7.28. The summed E-state index contributed by atoms with van der Waals surface area (Å²) in [5, 5.41) is 8.55. The molecule has 120 valence electrons. The summed E-state index contributed by atoms with van der Waals surface area (Å²) in [6, 6.07) is 12.5. The van der Waals surface area contributed by atoms with Gasteiger partial charge < -0.3 is 18.2 Å². The van der Waals surface area contributed by atoms with E-state index in [4.69, 9.17) is 18.2 Å². The number of rotatable bonds is 5. The quantitative estimate of drug-likeness (QED) is 0.520. The summed E-state index contributed by atoms with van der Waals surface area (Å²) < 4.78 is 20.7. The van der Waals surface area contributed by atoms with Gasteiger partial charge in [0.25, 0.3) is 0 Å².